The molecule has 2 amide bonds. The van der Waals surface area contributed by atoms with E-state index in [-0.39, 0.29) is 25.0 Å². The molecule has 0 aliphatic carbocycles. The Balaban J connectivity index is 1.76. The van der Waals surface area contributed by atoms with E-state index >= 15 is 0 Å². The molecule has 1 heterocycles. The maximum Gasteiger partial charge on any atom is 0.337 e. The quantitative estimate of drug-likeness (QED) is 0.709. The Hall–Kier alpha value is -3.35. The minimum Gasteiger partial charge on any atom is -0.484 e. The number of hydrogen-bond acceptors (Lipinski definition) is 5. The number of benzene rings is 2. The van der Waals surface area contributed by atoms with Crippen molar-refractivity contribution in [3.8, 4) is 5.75 Å². The van der Waals surface area contributed by atoms with Gasteiger partial charge in [-0.1, -0.05) is 30.3 Å². The molecule has 1 saturated heterocycles. The van der Waals surface area contributed by atoms with E-state index in [1.165, 1.54) is 7.11 Å². The Kier molecular flexibility index (Phi) is 7.43. The number of nitrogens with zero attached hydrogens (tertiary/aromatic N) is 1. The van der Waals surface area contributed by atoms with Crippen LogP contribution in [0.25, 0.3) is 0 Å². The van der Waals surface area contributed by atoms with Crippen LogP contribution in [0.15, 0.2) is 54.6 Å². The number of nitrogens with one attached hydrogen (secondary N) is 1. The van der Waals surface area contributed by atoms with E-state index in [0.717, 1.165) is 18.4 Å². The summed E-state index contributed by atoms with van der Waals surface area (Å²) in [4.78, 5) is 38.9. The van der Waals surface area contributed by atoms with Gasteiger partial charge in [-0.25, -0.2) is 4.79 Å². The highest BCUT2D eigenvalue weighted by Gasteiger charge is 2.31. The molecule has 2 aromatic carbocycles. The van der Waals surface area contributed by atoms with Crippen LogP contribution < -0.4 is 10.1 Å². The van der Waals surface area contributed by atoms with Crippen LogP contribution in [0.1, 0.15) is 35.2 Å². The molecule has 1 N–H and O–H groups in total. The minimum absolute atomic E-state index is 0.147. The molecule has 0 spiro atoms. The second-order valence-electron chi connectivity index (χ2n) is 7.11. The van der Waals surface area contributed by atoms with Crippen molar-refractivity contribution in [2.75, 3.05) is 20.3 Å². The van der Waals surface area contributed by atoms with Gasteiger partial charge in [0.2, 0.25) is 5.91 Å². The lowest BCUT2D eigenvalue weighted by molar-refractivity contribution is -0.142. The fraction of sp³-hybridized carbons (Fsp3) is 0.348. The molecule has 0 unspecified atom stereocenters. The number of amides is 2. The van der Waals surface area contributed by atoms with E-state index in [0.29, 0.717) is 24.3 Å². The van der Waals surface area contributed by atoms with E-state index in [4.69, 9.17) is 9.47 Å². The van der Waals surface area contributed by atoms with Crippen molar-refractivity contribution in [3.05, 3.63) is 65.7 Å². The molecule has 0 saturated carbocycles. The number of esters is 1. The highest BCUT2D eigenvalue weighted by Crippen LogP contribution is 2.18. The predicted octanol–water partition coefficient (Wildman–Crippen LogP) is 2.55. The molecule has 7 nitrogen and oxygen atoms in total. The molecule has 1 aliphatic heterocycles. The Morgan fingerprint density at radius 3 is 2.50 bits per heavy atom. The number of carbonyl (C=O) groups excluding carboxylic acids is 3. The van der Waals surface area contributed by atoms with Crippen molar-refractivity contribution >= 4 is 17.8 Å². The summed E-state index contributed by atoms with van der Waals surface area (Å²) in [6, 6.07) is 15.4. The van der Waals surface area contributed by atoms with E-state index in [2.05, 4.69) is 5.32 Å². The molecular weight excluding hydrogens is 384 g/mol. The Morgan fingerprint density at radius 1 is 1.07 bits per heavy atom. The second-order valence-corrected chi connectivity index (χ2v) is 7.11. The zero-order valence-corrected chi connectivity index (χ0v) is 17.0. The molecule has 30 heavy (non-hydrogen) atoms. The summed E-state index contributed by atoms with van der Waals surface area (Å²) in [7, 11) is 1.33. The molecule has 0 bridgehead atoms. The van der Waals surface area contributed by atoms with Gasteiger partial charge in [0.05, 0.1) is 12.7 Å². The Bertz CT molecular complexity index is 867. The van der Waals surface area contributed by atoms with Gasteiger partial charge in [-0.2, -0.15) is 0 Å². The normalized spacial score (nSPS) is 16.2. The van der Waals surface area contributed by atoms with E-state index in [1.807, 2.05) is 18.2 Å². The zero-order valence-electron chi connectivity index (χ0n) is 17.0. The van der Waals surface area contributed by atoms with Crippen molar-refractivity contribution in [2.45, 2.75) is 31.8 Å². The molecule has 3 rings (SSSR count). The topological polar surface area (TPSA) is 84.9 Å². The van der Waals surface area contributed by atoms with Gasteiger partial charge in [0, 0.05) is 13.1 Å². The summed E-state index contributed by atoms with van der Waals surface area (Å²) < 4.78 is 10.3. The molecule has 0 aromatic heterocycles. The van der Waals surface area contributed by atoms with Gasteiger partial charge in [-0.15, -0.1) is 0 Å². The first kappa shape index (κ1) is 21.4. The molecule has 158 valence electrons. The van der Waals surface area contributed by atoms with Gasteiger partial charge in [0.25, 0.3) is 5.91 Å². The maximum absolute atomic E-state index is 13.0. The van der Waals surface area contributed by atoms with Gasteiger partial charge in [-0.3, -0.25) is 9.59 Å². The molecular formula is C23H26N2O5. The van der Waals surface area contributed by atoms with Crippen LogP contribution in [0.5, 0.6) is 5.75 Å². The number of carbonyl (C=O) groups is 3. The Morgan fingerprint density at radius 2 is 1.80 bits per heavy atom. The van der Waals surface area contributed by atoms with E-state index in [9.17, 15) is 14.4 Å². The molecule has 1 aliphatic rings. The van der Waals surface area contributed by atoms with Crippen LogP contribution in [0, 0.1) is 0 Å². The minimum atomic E-state index is -0.556. The lowest BCUT2D eigenvalue weighted by atomic mass is 10.1. The summed E-state index contributed by atoms with van der Waals surface area (Å²) in [6.45, 7) is 0.705. The fourth-order valence-corrected chi connectivity index (χ4v) is 3.40. The average molecular weight is 410 g/mol. The van der Waals surface area contributed by atoms with Crippen molar-refractivity contribution in [1.82, 2.24) is 10.2 Å². The van der Waals surface area contributed by atoms with Gasteiger partial charge in [0.1, 0.15) is 11.8 Å². The first-order chi connectivity index (χ1) is 14.6. The third-order valence-electron chi connectivity index (χ3n) is 5.04. The van der Waals surface area contributed by atoms with Gasteiger partial charge < -0.3 is 19.7 Å². The van der Waals surface area contributed by atoms with Gasteiger partial charge >= 0.3 is 5.97 Å². The fourth-order valence-electron chi connectivity index (χ4n) is 3.40. The Labute approximate surface area is 176 Å². The van der Waals surface area contributed by atoms with Crippen molar-refractivity contribution in [1.29, 1.82) is 0 Å². The number of para-hydroxylation sites is 1. The summed E-state index contributed by atoms with van der Waals surface area (Å²) >= 11 is 0. The smallest absolute Gasteiger partial charge is 0.337 e. The zero-order chi connectivity index (χ0) is 21.3. The number of ether oxygens (including phenoxy) is 2. The molecule has 0 radical (unpaired) electrons. The van der Waals surface area contributed by atoms with Crippen molar-refractivity contribution < 1.29 is 23.9 Å². The molecule has 2 aromatic rings. The van der Waals surface area contributed by atoms with Crippen molar-refractivity contribution in [3.63, 3.8) is 0 Å². The van der Waals surface area contributed by atoms with E-state index < -0.39 is 12.0 Å². The van der Waals surface area contributed by atoms with Crippen LogP contribution in [0.3, 0.4) is 0 Å². The van der Waals surface area contributed by atoms with Crippen LogP contribution in [0.2, 0.25) is 0 Å². The SMILES string of the molecule is COC(=O)c1ccc(CN(C(=O)COc2ccccc2)[C@H]2CCCCNC2=O)cc1. The van der Waals surface area contributed by atoms with Gasteiger partial charge in [-0.05, 0) is 49.1 Å². The van der Waals surface area contributed by atoms with Crippen LogP contribution in [0.4, 0.5) is 0 Å². The number of methoxy groups -OCH3 is 1. The van der Waals surface area contributed by atoms with Crippen LogP contribution >= 0.6 is 0 Å². The van der Waals surface area contributed by atoms with Gasteiger partial charge in [0.15, 0.2) is 6.61 Å². The second kappa shape index (κ2) is 10.4. The lowest BCUT2D eigenvalue weighted by Crippen LogP contribution is -2.49. The highest BCUT2D eigenvalue weighted by atomic mass is 16.5. The molecule has 1 fully saturated rings. The molecule has 7 heteroatoms. The highest BCUT2D eigenvalue weighted by molar-refractivity contribution is 5.89. The first-order valence-corrected chi connectivity index (χ1v) is 10.0. The maximum atomic E-state index is 13.0. The largest absolute Gasteiger partial charge is 0.484 e. The van der Waals surface area contributed by atoms with Crippen LogP contribution in [-0.2, 0) is 20.9 Å². The van der Waals surface area contributed by atoms with E-state index in [1.54, 1.807) is 41.3 Å². The summed E-state index contributed by atoms with van der Waals surface area (Å²) in [5.41, 5.74) is 1.24. The third kappa shape index (κ3) is 5.59. The number of rotatable bonds is 7. The lowest BCUT2D eigenvalue weighted by Gasteiger charge is -2.30. The summed E-state index contributed by atoms with van der Waals surface area (Å²) in [5, 5.41) is 2.89. The van der Waals surface area contributed by atoms with Crippen molar-refractivity contribution in [2.24, 2.45) is 0 Å². The molecule has 1 atom stereocenters. The third-order valence-corrected chi connectivity index (χ3v) is 5.04. The summed E-state index contributed by atoms with van der Waals surface area (Å²) in [5.74, 6) is -0.239. The average Bonchev–Trinajstić information content (AvgIpc) is 3.00. The first-order valence-electron chi connectivity index (χ1n) is 10.0. The standard InChI is InChI=1S/C23H26N2O5/c1-29-23(28)18-12-10-17(11-13-18)15-25(20-9-5-6-14-24-22(20)27)21(26)16-30-19-7-3-2-4-8-19/h2-4,7-8,10-13,20H,5-6,9,14-16H2,1H3,(H,24,27)/t20-/m0/s1. The van der Waals surface area contributed by atoms with Crippen LogP contribution in [-0.4, -0.2) is 49.0 Å². The summed E-state index contributed by atoms with van der Waals surface area (Å²) in [6.07, 6.45) is 2.34. The predicted molar refractivity (Wildman–Crippen MR) is 111 cm³/mol. The monoisotopic (exact) mass is 410 g/mol. The number of hydrogen-bond donors (Lipinski definition) is 1.